The van der Waals surface area contributed by atoms with Gasteiger partial charge in [0.25, 0.3) is 17.7 Å². The van der Waals surface area contributed by atoms with E-state index in [2.05, 4.69) is 5.32 Å². The van der Waals surface area contributed by atoms with Crippen LogP contribution in [0.5, 0.6) is 0 Å². The number of para-hydroxylation sites is 1. The summed E-state index contributed by atoms with van der Waals surface area (Å²) in [6.45, 7) is 7.88. The summed E-state index contributed by atoms with van der Waals surface area (Å²) in [5.74, 6) is -1.29. The molecule has 3 rings (SSSR count). The first-order valence-corrected chi connectivity index (χ1v) is 9.59. The summed E-state index contributed by atoms with van der Waals surface area (Å²) >= 11 is 0. The van der Waals surface area contributed by atoms with Crippen molar-refractivity contribution in [3.05, 3.63) is 64.2 Å². The van der Waals surface area contributed by atoms with Crippen LogP contribution in [0.2, 0.25) is 0 Å². The van der Waals surface area contributed by atoms with E-state index in [1.807, 2.05) is 52.0 Å². The number of amides is 3. The van der Waals surface area contributed by atoms with Crippen molar-refractivity contribution in [3.8, 4) is 6.07 Å². The van der Waals surface area contributed by atoms with Crippen molar-refractivity contribution < 1.29 is 14.4 Å². The molecule has 0 atom stereocenters. The summed E-state index contributed by atoms with van der Waals surface area (Å²) in [4.78, 5) is 40.4. The topological polar surface area (TPSA) is 90.3 Å². The summed E-state index contributed by atoms with van der Waals surface area (Å²) in [7, 11) is 0. The Morgan fingerprint density at radius 2 is 1.59 bits per heavy atom. The Kier molecular flexibility index (Phi) is 5.51. The van der Waals surface area contributed by atoms with Crippen LogP contribution in [-0.4, -0.2) is 24.3 Å². The van der Waals surface area contributed by atoms with Crippen LogP contribution in [0.25, 0.3) is 0 Å². The Balaban J connectivity index is 2.19. The van der Waals surface area contributed by atoms with Crippen LogP contribution >= 0.6 is 0 Å². The van der Waals surface area contributed by atoms with Gasteiger partial charge in [0.15, 0.2) is 0 Å². The maximum atomic E-state index is 13.4. The lowest BCUT2D eigenvalue weighted by atomic mass is 9.92. The van der Waals surface area contributed by atoms with Gasteiger partial charge in [-0.05, 0) is 35.1 Å². The first-order valence-electron chi connectivity index (χ1n) is 9.59. The summed E-state index contributed by atoms with van der Waals surface area (Å²) in [5, 5.41) is 11.2. The van der Waals surface area contributed by atoms with Crippen molar-refractivity contribution in [1.29, 1.82) is 5.26 Å². The van der Waals surface area contributed by atoms with E-state index >= 15 is 0 Å². The fourth-order valence-corrected chi connectivity index (χ4v) is 3.66. The summed E-state index contributed by atoms with van der Waals surface area (Å²) in [5.41, 5.74) is 2.80. The quantitative estimate of drug-likeness (QED) is 0.618. The smallest absolute Gasteiger partial charge is 0.266 e. The number of anilines is 1. The molecule has 29 heavy (non-hydrogen) atoms. The lowest BCUT2D eigenvalue weighted by Crippen LogP contribution is -2.32. The molecular weight excluding hydrogens is 366 g/mol. The zero-order chi connectivity index (χ0) is 21.3. The Morgan fingerprint density at radius 1 is 1.00 bits per heavy atom. The molecule has 0 saturated heterocycles. The average molecular weight is 389 g/mol. The second-order valence-electron chi connectivity index (χ2n) is 7.61. The van der Waals surface area contributed by atoms with Crippen LogP contribution in [0.4, 0.5) is 5.69 Å². The molecule has 2 aromatic carbocycles. The van der Waals surface area contributed by atoms with Crippen LogP contribution in [-0.2, 0) is 0 Å². The Hall–Kier alpha value is -3.46. The van der Waals surface area contributed by atoms with E-state index in [9.17, 15) is 14.4 Å². The number of carbonyl (C=O) groups is 3. The van der Waals surface area contributed by atoms with Gasteiger partial charge in [0.1, 0.15) is 6.54 Å². The van der Waals surface area contributed by atoms with E-state index in [0.29, 0.717) is 5.69 Å². The highest BCUT2D eigenvalue weighted by Crippen LogP contribution is 2.40. The minimum atomic E-state index is -0.548. The van der Waals surface area contributed by atoms with Crippen molar-refractivity contribution >= 4 is 23.4 Å². The molecule has 6 nitrogen and oxygen atoms in total. The van der Waals surface area contributed by atoms with Crippen molar-refractivity contribution in [1.82, 2.24) is 5.32 Å². The Labute approximate surface area is 170 Å². The van der Waals surface area contributed by atoms with Gasteiger partial charge in [0.2, 0.25) is 0 Å². The molecule has 0 spiro atoms. The lowest BCUT2D eigenvalue weighted by molar-refractivity contribution is 0.0911. The highest BCUT2D eigenvalue weighted by molar-refractivity contribution is 6.36. The molecule has 3 amide bonds. The van der Waals surface area contributed by atoms with Crippen molar-refractivity contribution in [2.24, 2.45) is 0 Å². The molecule has 0 radical (unpaired) electrons. The van der Waals surface area contributed by atoms with E-state index in [4.69, 9.17) is 5.26 Å². The molecule has 1 aliphatic rings. The first kappa shape index (κ1) is 20.3. The molecule has 1 aliphatic heterocycles. The third kappa shape index (κ3) is 3.40. The van der Waals surface area contributed by atoms with Gasteiger partial charge in [-0.25, -0.2) is 4.90 Å². The number of benzene rings is 2. The molecular formula is C23H23N3O3. The molecule has 0 fully saturated rings. The van der Waals surface area contributed by atoms with Gasteiger partial charge in [0.05, 0.1) is 28.4 Å². The molecule has 0 aromatic heterocycles. The molecule has 0 bridgehead atoms. The fourth-order valence-electron chi connectivity index (χ4n) is 3.66. The van der Waals surface area contributed by atoms with E-state index in [1.54, 1.807) is 12.1 Å². The highest BCUT2D eigenvalue weighted by atomic mass is 16.2. The van der Waals surface area contributed by atoms with Crippen LogP contribution in [0.15, 0.2) is 36.4 Å². The summed E-state index contributed by atoms with van der Waals surface area (Å²) in [6, 6.07) is 12.3. The number of nitrogens with zero attached hydrogens (tertiary/aromatic N) is 2. The van der Waals surface area contributed by atoms with E-state index < -0.39 is 17.7 Å². The molecule has 6 heteroatoms. The van der Waals surface area contributed by atoms with Crippen LogP contribution in [0, 0.1) is 11.3 Å². The average Bonchev–Trinajstić information content (AvgIpc) is 2.95. The highest BCUT2D eigenvalue weighted by Gasteiger charge is 2.41. The van der Waals surface area contributed by atoms with Gasteiger partial charge in [-0.3, -0.25) is 14.4 Å². The van der Waals surface area contributed by atoms with E-state index in [-0.39, 0.29) is 35.1 Å². The minimum Gasteiger partial charge on any atom is -0.339 e. The summed E-state index contributed by atoms with van der Waals surface area (Å²) < 4.78 is 0. The number of fused-ring (bicyclic) bond motifs is 1. The largest absolute Gasteiger partial charge is 0.339 e. The molecule has 1 N–H and O–H groups in total. The second kappa shape index (κ2) is 7.88. The SMILES string of the molecule is CC(C)c1cccc(C(C)C)c1N1C(=O)c2cccc(C(=O)NCC#N)c2C1=O. The van der Waals surface area contributed by atoms with Gasteiger partial charge in [-0.2, -0.15) is 5.26 Å². The van der Waals surface area contributed by atoms with Gasteiger partial charge in [-0.1, -0.05) is 52.0 Å². The minimum absolute atomic E-state index is 0.0844. The van der Waals surface area contributed by atoms with E-state index in [1.165, 1.54) is 11.0 Å². The standard InChI is InChI=1S/C23H23N3O3/c1-13(2)15-7-5-8-16(14(3)4)20(15)26-22(28)18-10-6-9-17(19(18)23(26)29)21(27)25-12-11-24/h5-10,13-14H,12H2,1-4H3,(H,25,27). The van der Waals surface area contributed by atoms with Crippen molar-refractivity contribution in [2.45, 2.75) is 39.5 Å². The Morgan fingerprint density at radius 3 is 2.14 bits per heavy atom. The van der Waals surface area contributed by atoms with Gasteiger partial charge < -0.3 is 5.32 Å². The fraction of sp³-hybridized carbons (Fsp3) is 0.304. The maximum Gasteiger partial charge on any atom is 0.266 e. The van der Waals surface area contributed by atoms with Crippen LogP contribution < -0.4 is 10.2 Å². The number of nitriles is 1. The van der Waals surface area contributed by atoms with E-state index in [0.717, 1.165) is 11.1 Å². The van der Waals surface area contributed by atoms with Crippen molar-refractivity contribution in [2.75, 3.05) is 11.4 Å². The predicted octanol–water partition coefficient (Wildman–Crippen LogP) is 3.99. The van der Waals surface area contributed by atoms with Gasteiger partial charge in [-0.15, -0.1) is 0 Å². The monoisotopic (exact) mass is 389 g/mol. The van der Waals surface area contributed by atoms with Crippen LogP contribution in [0.1, 0.15) is 81.7 Å². The number of rotatable bonds is 5. The third-order valence-corrected chi connectivity index (χ3v) is 5.05. The molecule has 1 heterocycles. The zero-order valence-electron chi connectivity index (χ0n) is 16.9. The van der Waals surface area contributed by atoms with Gasteiger partial charge in [0, 0.05) is 0 Å². The zero-order valence-corrected chi connectivity index (χ0v) is 16.9. The number of hydrogen-bond acceptors (Lipinski definition) is 4. The first-order chi connectivity index (χ1) is 13.8. The molecule has 0 unspecified atom stereocenters. The number of imide groups is 1. The number of nitrogens with one attached hydrogen (secondary N) is 1. The lowest BCUT2D eigenvalue weighted by Gasteiger charge is -2.25. The van der Waals surface area contributed by atoms with Crippen LogP contribution in [0.3, 0.4) is 0 Å². The molecule has 148 valence electrons. The third-order valence-electron chi connectivity index (χ3n) is 5.05. The normalized spacial score (nSPS) is 13.1. The molecule has 0 aliphatic carbocycles. The van der Waals surface area contributed by atoms with Crippen molar-refractivity contribution in [3.63, 3.8) is 0 Å². The van der Waals surface area contributed by atoms with Gasteiger partial charge >= 0.3 is 0 Å². The predicted molar refractivity (Wildman–Crippen MR) is 110 cm³/mol. The molecule has 0 saturated carbocycles. The number of hydrogen-bond donors (Lipinski definition) is 1. The Bertz CT molecular complexity index is 1020. The summed E-state index contributed by atoms with van der Waals surface area (Å²) in [6.07, 6.45) is 0. The second-order valence-corrected chi connectivity index (χ2v) is 7.61. The maximum absolute atomic E-state index is 13.4. The number of carbonyl (C=O) groups excluding carboxylic acids is 3. The molecule has 2 aromatic rings.